The molecule has 4 heteroatoms. The Bertz CT molecular complexity index is 416. The van der Waals surface area contributed by atoms with E-state index in [4.69, 9.17) is 4.74 Å². The van der Waals surface area contributed by atoms with Gasteiger partial charge in [0.2, 0.25) is 0 Å². The molecule has 0 atom stereocenters. The third kappa shape index (κ3) is 5.40. The van der Waals surface area contributed by atoms with Crippen LogP contribution in [0.5, 0.6) is 5.75 Å². The Morgan fingerprint density at radius 3 is 2.26 bits per heavy atom. The molecule has 0 aliphatic rings. The minimum atomic E-state index is -1.18. The zero-order valence-electron chi connectivity index (χ0n) is 10.9. The number of nitrogens with one attached hydrogen (secondary N) is 1. The van der Waals surface area contributed by atoms with Gasteiger partial charge < -0.3 is 19.5 Å². The quantitative estimate of drug-likeness (QED) is 0.620. The lowest BCUT2D eigenvalue weighted by Gasteiger charge is -2.16. The Kier molecular flexibility index (Phi) is 6.39. The topological polar surface area (TPSA) is 53.8 Å². The number of ether oxygens (including phenoxy) is 1. The maximum Gasteiger partial charge on any atom is 0.137 e. The van der Waals surface area contributed by atoms with Gasteiger partial charge in [0.1, 0.15) is 18.9 Å². The molecule has 0 aliphatic heterocycles. The molecule has 0 saturated heterocycles. The number of quaternary nitrogens is 1. The Balaban J connectivity index is 2.41. The summed E-state index contributed by atoms with van der Waals surface area (Å²) in [6.45, 7) is 10.5. The molecular weight excluding hydrogens is 242 g/mol. The van der Waals surface area contributed by atoms with E-state index in [0.717, 1.165) is 19.6 Å². The molecule has 0 saturated carbocycles. The van der Waals surface area contributed by atoms with E-state index in [9.17, 15) is 9.90 Å². The van der Waals surface area contributed by atoms with E-state index < -0.39 is 5.97 Å². The molecule has 102 valence electrons. The Labute approximate surface area is 113 Å². The van der Waals surface area contributed by atoms with Crippen molar-refractivity contribution in [2.75, 3.05) is 26.2 Å². The van der Waals surface area contributed by atoms with E-state index in [2.05, 4.69) is 13.2 Å². The van der Waals surface area contributed by atoms with E-state index in [-0.39, 0.29) is 5.56 Å². The van der Waals surface area contributed by atoms with E-state index in [0.29, 0.717) is 12.4 Å². The molecule has 0 radical (unpaired) electrons. The van der Waals surface area contributed by atoms with E-state index in [1.165, 1.54) is 17.0 Å². The molecule has 0 amide bonds. The summed E-state index contributed by atoms with van der Waals surface area (Å²) in [5, 5.41) is 10.6. The maximum atomic E-state index is 10.6. The molecule has 1 rings (SSSR count). The average molecular weight is 261 g/mol. The highest BCUT2D eigenvalue weighted by Crippen LogP contribution is 2.11. The first-order valence-corrected chi connectivity index (χ1v) is 6.17. The molecule has 19 heavy (non-hydrogen) atoms. The summed E-state index contributed by atoms with van der Waals surface area (Å²) in [6.07, 6.45) is 3.74. The van der Waals surface area contributed by atoms with Crippen LogP contribution in [0.2, 0.25) is 0 Å². The Morgan fingerprint density at radius 2 is 1.79 bits per heavy atom. The van der Waals surface area contributed by atoms with Crippen LogP contribution in [0.4, 0.5) is 0 Å². The van der Waals surface area contributed by atoms with Gasteiger partial charge in [-0.05, 0) is 42.0 Å². The second kappa shape index (κ2) is 8.11. The molecule has 0 fully saturated rings. The van der Waals surface area contributed by atoms with Crippen molar-refractivity contribution in [1.82, 2.24) is 0 Å². The van der Waals surface area contributed by atoms with Crippen LogP contribution in [-0.4, -0.2) is 32.2 Å². The number of carboxylic acid groups (broad SMARTS) is 1. The van der Waals surface area contributed by atoms with Crippen LogP contribution in [0, 0.1) is 0 Å². The van der Waals surface area contributed by atoms with Gasteiger partial charge >= 0.3 is 0 Å². The fourth-order valence-corrected chi connectivity index (χ4v) is 1.70. The standard InChI is InChI=1S/C15H19NO3/c1-3-9-16(10-4-2)11-12-19-14-7-5-13(6-8-14)15(17)18/h3-8H,1-2,9-12H2,(H,17,18). The van der Waals surface area contributed by atoms with Gasteiger partial charge in [0, 0.05) is 0 Å². The molecule has 0 heterocycles. The first-order chi connectivity index (χ1) is 9.17. The summed E-state index contributed by atoms with van der Waals surface area (Å²) >= 11 is 0. The van der Waals surface area contributed by atoms with E-state index in [1.54, 1.807) is 12.1 Å². The van der Waals surface area contributed by atoms with Crippen LogP contribution in [-0.2, 0) is 0 Å². The van der Waals surface area contributed by atoms with Crippen molar-refractivity contribution in [3.8, 4) is 5.75 Å². The normalized spacial score (nSPS) is 10.2. The van der Waals surface area contributed by atoms with Crippen LogP contribution in [0.1, 0.15) is 10.4 Å². The second-order valence-electron chi connectivity index (χ2n) is 4.15. The number of carboxylic acids is 1. The zero-order chi connectivity index (χ0) is 14.1. The lowest BCUT2D eigenvalue weighted by atomic mass is 10.2. The monoisotopic (exact) mass is 261 g/mol. The molecule has 1 aromatic carbocycles. The van der Waals surface area contributed by atoms with Crippen molar-refractivity contribution in [2.24, 2.45) is 0 Å². The number of rotatable bonds is 9. The van der Waals surface area contributed by atoms with Gasteiger partial charge in [-0.1, -0.05) is 13.2 Å². The predicted molar refractivity (Wildman–Crippen MR) is 72.2 cm³/mol. The molecule has 0 unspecified atom stereocenters. The molecule has 0 aromatic heterocycles. The van der Waals surface area contributed by atoms with Crippen LogP contribution in [0.15, 0.2) is 49.6 Å². The molecule has 0 aliphatic carbocycles. The second-order valence-corrected chi connectivity index (χ2v) is 4.15. The SMILES string of the molecule is C=CC[NH+](CC=C)CCOc1ccc(C(=O)[O-])cc1. The molecule has 0 bridgehead atoms. The summed E-state index contributed by atoms with van der Waals surface area (Å²) in [5.74, 6) is -0.527. The van der Waals surface area contributed by atoms with Crippen molar-refractivity contribution in [3.05, 3.63) is 55.1 Å². The highest BCUT2D eigenvalue weighted by atomic mass is 16.5. The molecule has 0 spiro atoms. The molecular formula is C15H19NO3. The van der Waals surface area contributed by atoms with Gasteiger partial charge in [0.15, 0.2) is 0 Å². The number of carbonyl (C=O) groups is 1. The van der Waals surface area contributed by atoms with Crippen molar-refractivity contribution in [3.63, 3.8) is 0 Å². The summed E-state index contributed by atoms with van der Waals surface area (Å²) < 4.78 is 5.56. The third-order valence-electron chi connectivity index (χ3n) is 2.68. The Morgan fingerprint density at radius 1 is 1.21 bits per heavy atom. The summed E-state index contributed by atoms with van der Waals surface area (Å²) in [7, 11) is 0. The van der Waals surface area contributed by atoms with Crippen molar-refractivity contribution >= 4 is 5.97 Å². The van der Waals surface area contributed by atoms with Gasteiger partial charge in [-0.3, -0.25) is 0 Å². The van der Waals surface area contributed by atoms with E-state index >= 15 is 0 Å². The summed E-state index contributed by atoms with van der Waals surface area (Å²) in [6, 6.07) is 6.21. The van der Waals surface area contributed by atoms with Crippen LogP contribution in [0.25, 0.3) is 0 Å². The summed E-state index contributed by atoms with van der Waals surface area (Å²) in [5.41, 5.74) is 0.151. The fourth-order valence-electron chi connectivity index (χ4n) is 1.70. The lowest BCUT2D eigenvalue weighted by molar-refractivity contribution is -0.888. The lowest BCUT2D eigenvalue weighted by Crippen LogP contribution is -3.12. The van der Waals surface area contributed by atoms with Crippen LogP contribution >= 0.6 is 0 Å². The summed E-state index contributed by atoms with van der Waals surface area (Å²) in [4.78, 5) is 11.9. The average Bonchev–Trinajstić information content (AvgIpc) is 2.40. The molecule has 4 nitrogen and oxygen atoms in total. The maximum absolute atomic E-state index is 10.6. The van der Waals surface area contributed by atoms with Crippen molar-refractivity contribution in [2.45, 2.75) is 0 Å². The van der Waals surface area contributed by atoms with Crippen LogP contribution < -0.4 is 14.7 Å². The Hall–Kier alpha value is -2.07. The van der Waals surface area contributed by atoms with Crippen LogP contribution in [0.3, 0.4) is 0 Å². The number of aromatic carboxylic acids is 1. The molecule has 1 aromatic rings. The largest absolute Gasteiger partial charge is 0.545 e. The zero-order valence-corrected chi connectivity index (χ0v) is 10.9. The van der Waals surface area contributed by atoms with Gasteiger partial charge in [-0.2, -0.15) is 0 Å². The highest BCUT2D eigenvalue weighted by Gasteiger charge is 2.04. The minimum Gasteiger partial charge on any atom is -0.545 e. The predicted octanol–water partition coefficient (Wildman–Crippen LogP) is -0.314. The minimum absolute atomic E-state index is 0.151. The fraction of sp³-hybridized carbons (Fsp3) is 0.267. The van der Waals surface area contributed by atoms with Gasteiger partial charge in [0.05, 0.1) is 19.1 Å². The van der Waals surface area contributed by atoms with Gasteiger partial charge in [-0.25, -0.2) is 0 Å². The number of carbonyl (C=O) groups excluding carboxylic acids is 1. The van der Waals surface area contributed by atoms with Gasteiger partial charge in [0.25, 0.3) is 0 Å². The molecule has 1 N–H and O–H groups in total. The first-order valence-electron chi connectivity index (χ1n) is 6.17. The highest BCUT2D eigenvalue weighted by molar-refractivity contribution is 5.85. The number of hydrogen-bond acceptors (Lipinski definition) is 3. The van der Waals surface area contributed by atoms with E-state index in [1.807, 2.05) is 12.2 Å². The van der Waals surface area contributed by atoms with Crippen molar-refractivity contribution < 1.29 is 19.5 Å². The first kappa shape index (κ1) is 15.0. The van der Waals surface area contributed by atoms with Gasteiger partial charge in [-0.15, -0.1) is 0 Å². The smallest absolute Gasteiger partial charge is 0.137 e. The van der Waals surface area contributed by atoms with Crippen molar-refractivity contribution in [1.29, 1.82) is 0 Å². The third-order valence-corrected chi connectivity index (χ3v) is 2.68. The number of hydrogen-bond donors (Lipinski definition) is 1. The number of benzene rings is 1.